The van der Waals surface area contributed by atoms with Crippen molar-refractivity contribution < 1.29 is 0 Å². The van der Waals surface area contributed by atoms with Gasteiger partial charge in [0.15, 0.2) is 5.01 Å². The molecule has 0 saturated carbocycles. The number of benzene rings is 1. The average Bonchev–Trinajstić information content (AvgIpc) is 3.16. The van der Waals surface area contributed by atoms with E-state index >= 15 is 0 Å². The number of hydrogen-bond donors (Lipinski definition) is 2. The van der Waals surface area contributed by atoms with Crippen LogP contribution in [0, 0.1) is 0 Å². The number of nitrogens with two attached hydrogens (primary N) is 1. The molecule has 3 aromatic rings. The predicted molar refractivity (Wildman–Crippen MR) is 88.6 cm³/mol. The van der Waals surface area contributed by atoms with E-state index in [2.05, 4.69) is 37.6 Å². The van der Waals surface area contributed by atoms with E-state index in [1.807, 2.05) is 24.4 Å². The van der Waals surface area contributed by atoms with Crippen molar-refractivity contribution in [2.24, 2.45) is 4.99 Å². The second kappa shape index (κ2) is 5.19. The monoisotopic (exact) mass is 308 g/mol. The van der Waals surface area contributed by atoms with Crippen LogP contribution in [0.1, 0.15) is 11.1 Å². The molecule has 1 aliphatic rings. The van der Waals surface area contributed by atoms with Crippen molar-refractivity contribution in [2.75, 3.05) is 11.1 Å². The molecular weight excluding hydrogens is 296 g/mol. The quantitative estimate of drug-likeness (QED) is 0.776. The van der Waals surface area contributed by atoms with Gasteiger partial charge in [-0.25, -0.2) is 4.98 Å². The van der Waals surface area contributed by atoms with Gasteiger partial charge >= 0.3 is 0 Å². The highest BCUT2D eigenvalue weighted by Crippen LogP contribution is 2.28. The highest BCUT2D eigenvalue weighted by molar-refractivity contribution is 7.18. The van der Waals surface area contributed by atoms with Crippen LogP contribution in [-0.4, -0.2) is 21.4 Å². The highest BCUT2D eigenvalue weighted by Gasteiger charge is 2.10. The van der Waals surface area contributed by atoms with Gasteiger partial charge in [0.2, 0.25) is 5.13 Å². The van der Waals surface area contributed by atoms with Crippen LogP contribution in [0.15, 0.2) is 41.4 Å². The zero-order valence-electron chi connectivity index (χ0n) is 11.5. The summed E-state index contributed by atoms with van der Waals surface area (Å²) in [4.78, 5) is 8.50. The molecule has 0 fully saturated rings. The van der Waals surface area contributed by atoms with Gasteiger partial charge in [-0.05, 0) is 35.4 Å². The number of aliphatic imine (C=N–C) groups is 1. The van der Waals surface area contributed by atoms with Crippen LogP contribution in [0.4, 0.5) is 16.6 Å². The molecular formula is C15H12N6S. The molecule has 0 radical (unpaired) electrons. The number of rotatable bonds is 3. The lowest BCUT2D eigenvalue weighted by Crippen LogP contribution is -1.92. The summed E-state index contributed by atoms with van der Waals surface area (Å²) >= 11 is 1.44. The molecule has 3 N–H and O–H groups in total. The van der Waals surface area contributed by atoms with Gasteiger partial charge in [0.1, 0.15) is 11.5 Å². The molecule has 22 heavy (non-hydrogen) atoms. The van der Waals surface area contributed by atoms with Gasteiger partial charge in [0.05, 0.1) is 6.54 Å². The molecule has 6 nitrogen and oxygen atoms in total. The number of nitrogens with zero attached hydrogens (tertiary/aromatic N) is 4. The van der Waals surface area contributed by atoms with E-state index in [9.17, 15) is 0 Å². The number of anilines is 3. The Morgan fingerprint density at radius 1 is 1.14 bits per heavy atom. The number of aromatic nitrogens is 3. The van der Waals surface area contributed by atoms with Crippen molar-refractivity contribution in [3.8, 4) is 10.7 Å². The Balaban J connectivity index is 1.58. The van der Waals surface area contributed by atoms with E-state index in [0.717, 1.165) is 28.5 Å². The second-order valence-electron chi connectivity index (χ2n) is 4.87. The van der Waals surface area contributed by atoms with Crippen LogP contribution in [0.3, 0.4) is 0 Å². The van der Waals surface area contributed by atoms with Crippen LogP contribution in [0.2, 0.25) is 0 Å². The number of nitrogen functional groups attached to an aromatic ring is 1. The van der Waals surface area contributed by atoms with Gasteiger partial charge in [-0.2, -0.15) is 0 Å². The molecule has 1 aliphatic heterocycles. The van der Waals surface area contributed by atoms with E-state index in [4.69, 9.17) is 5.73 Å². The fourth-order valence-corrected chi connectivity index (χ4v) is 2.98. The molecule has 0 saturated heterocycles. The third-order valence-corrected chi connectivity index (χ3v) is 4.17. The maximum Gasteiger partial charge on any atom is 0.210 e. The lowest BCUT2D eigenvalue weighted by molar-refractivity contribution is 1.09. The minimum Gasteiger partial charge on any atom is -0.384 e. The van der Waals surface area contributed by atoms with Gasteiger partial charge in [-0.15, -0.1) is 10.2 Å². The number of fused-ring (bicyclic) bond motifs is 1. The predicted octanol–water partition coefficient (Wildman–Crippen LogP) is 2.86. The maximum atomic E-state index is 5.70. The number of pyridine rings is 1. The largest absolute Gasteiger partial charge is 0.384 e. The summed E-state index contributed by atoms with van der Waals surface area (Å²) in [5.41, 5.74) is 9.78. The first-order valence-corrected chi connectivity index (χ1v) is 7.56. The highest BCUT2D eigenvalue weighted by atomic mass is 32.1. The van der Waals surface area contributed by atoms with E-state index < -0.39 is 0 Å². The van der Waals surface area contributed by atoms with Crippen molar-refractivity contribution >= 4 is 34.2 Å². The van der Waals surface area contributed by atoms with E-state index in [1.165, 1.54) is 16.9 Å². The summed E-state index contributed by atoms with van der Waals surface area (Å²) < 4.78 is 0. The first-order valence-electron chi connectivity index (χ1n) is 6.74. The van der Waals surface area contributed by atoms with Crippen molar-refractivity contribution in [2.45, 2.75) is 6.54 Å². The summed E-state index contributed by atoms with van der Waals surface area (Å²) in [5, 5.41) is 13.0. The summed E-state index contributed by atoms with van der Waals surface area (Å²) in [6.07, 6.45) is 1.89. The Hall–Kier alpha value is -2.80. The first kappa shape index (κ1) is 12.9. The summed E-state index contributed by atoms with van der Waals surface area (Å²) in [6, 6.07) is 11.6. The summed E-state index contributed by atoms with van der Waals surface area (Å²) in [6.45, 7) is 0.764. The van der Waals surface area contributed by atoms with Crippen molar-refractivity contribution in [3.05, 3.63) is 47.5 Å². The Labute approximate surface area is 130 Å². The minimum atomic E-state index is 0.472. The fraction of sp³-hybridized carbons (Fsp3) is 0.0667. The normalized spacial score (nSPS) is 12.4. The lowest BCUT2D eigenvalue weighted by Gasteiger charge is -2.03. The zero-order valence-corrected chi connectivity index (χ0v) is 12.3. The second-order valence-corrected chi connectivity index (χ2v) is 5.85. The first-order chi connectivity index (χ1) is 10.8. The molecule has 0 spiro atoms. The molecule has 108 valence electrons. The Morgan fingerprint density at radius 2 is 2.09 bits per heavy atom. The zero-order chi connectivity index (χ0) is 14.9. The fourth-order valence-electron chi connectivity index (χ4n) is 2.25. The van der Waals surface area contributed by atoms with Crippen LogP contribution < -0.4 is 11.1 Å². The van der Waals surface area contributed by atoms with Crippen LogP contribution in [-0.2, 0) is 6.54 Å². The molecule has 2 aromatic heterocycles. The van der Waals surface area contributed by atoms with Crippen LogP contribution >= 0.6 is 11.3 Å². The third-order valence-electron chi connectivity index (χ3n) is 3.30. The van der Waals surface area contributed by atoms with E-state index in [0.29, 0.717) is 10.9 Å². The average molecular weight is 308 g/mol. The summed E-state index contributed by atoms with van der Waals surface area (Å²) in [5.74, 6) is 0.472. The molecule has 3 heterocycles. The summed E-state index contributed by atoms with van der Waals surface area (Å²) in [7, 11) is 0. The van der Waals surface area contributed by atoms with Crippen molar-refractivity contribution in [1.82, 2.24) is 15.2 Å². The topological polar surface area (TPSA) is 89.1 Å². The molecule has 0 atom stereocenters. The number of hydrogen-bond acceptors (Lipinski definition) is 7. The van der Waals surface area contributed by atoms with Crippen LogP contribution in [0.5, 0.6) is 0 Å². The van der Waals surface area contributed by atoms with Crippen molar-refractivity contribution in [3.63, 3.8) is 0 Å². The van der Waals surface area contributed by atoms with Gasteiger partial charge in [-0.1, -0.05) is 23.5 Å². The molecule has 0 unspecified atom stereocenters. The smallest absolute Gasteiger partial charge is 0.210 e. The Bertz CT molecular complexity index is 870. The molecule has 1 aromatic carbocycles. The molecule has 7 heteroatoms. The molecule has 0 bridgehead atoms. The Kier molecular flexibility index (Phi) is 3.05. The van der Waals surface area contributed by atoms with Crippen LogP contribution in [0.25, 0.3) is 10.7 Å². The molecule has 0 amide bonds. The maximum absolute atomic E-state index is 5.70. The van der Waals surface area contributed by atoms with E-state index in [-0.39, 0.29) is 0 Å². The molecule has 0 aliphatic carbocycles. The standard InChI is InChI=1S/C15H12N6S/c16-13-3-1-2-12(19-13)14-20-21-15(22-14)18-11-5-4-9-7-17-8-10(9)6-11/h1-6,8H,7H2,(H2,16,19)(H,18,21). The van der Waals surface area contributed by atoms with Gasteiger partial charge in [0.25, 0.3) is 0 Å². The SMILES string of the molecule is Nc1cccc(-c2nnc(Nc3ccc4c(c3)C=NC4)s2)n1. The van der Waals surface area contributed by atoms with Gasteiger partial charge in [0, 0.05) is 11.9 Å². The van der Waals surface area contributed by atoms with E-state index in [1.54, 1.807) is 6.07 Å². The van der Waals surface area contributed by atoms with Gasteiger partial charge < -0.3 is 11.1 Å². The number of nitrogens with one attached hydrogen (secondary N) is 1. The molecule has 4 rings (SSSR count). The third kappa shape index (κ3) is 2.42. The lowest BCUT2D eigenvalue weighted by atomic mass is 10.1. The van der Waals surface area contributed by atoms with Crippen molar-refractivity contribution in [1.29, 1.82) is 0 Å². The Morgan fingerprint density at radius 3 is 3.00 bits per heavy atom. The van der Waals surface area contributed by atoms with Gasteiger partial charge in [-0.3, -0.25) is 4.99 Å². The minimum absolute atomic E-state index is 0.472.